The number of methoxy groups -OCH3 is 2. The van der Waals surface area contributed by atoms with Gasteiger partial charge in [-0.1, -0.05) is 48.5 Å². The Morgan fingerprint density at radius 1 is 0.906 bits per heavy atom. The summed E-state index contributed by atoms with van der Waals surface area (Å²) in [5.74, 6) is 0.689. The summed E-state index contributed by atoms with van der Waals surface area (Å²) in [5.41, 5.74) is 3.74. The number of hydrogen-bond donors (Lipinski definition) is 1. The van der Waals surface area contributed by atoms with E-state index in [1.165, 1.54) is 20.3 Å². The quantitative estimate of drug-likeness (QED) is 0.397. The minimum absolute atomic E-state index is 0.0305. The van der Waals surface area contributed by atoms with Gasteiger partial charge >= 0.3 is 0 Å². The molecule has 0 aliphatic rings. The fraction of sp³-hybridized carbons (Fsp3) is 0.125. The van der Waals surface area contributed by atoms with Crippen molar-refractivity contribution in [2.75, 3.05) is 14.2 Å². The predicted molar refractivity (Wildman–Crippen MR) is 127 cm³/mol. The van der Waals surface area contributed by atoms with Gasteiger partial charge in [0.25, 0.3) is 0 Å². The van der Waals surface area contributed by atoms with E-state index in [0.717, 1.165) is 27.4 Å². The van der Waals surface area contributed by atoms with Gasteiger partial charge in [0, 0.05) is 29.1 Å². The zero-order valence-electron chi connectivity index (χ0n) is 17.6. The lowest BCUT2D eigenvalue weighted by Gasteiger charge is -2.12. The lowest BCUT2D eigenvalue weighted by molar-refractivity contribution is 0.392. The van der Waals surface area contributed by atoms with Gasteiger partial charge in [-0.05, 0) is 23.8 Å². The number of rotatable bonds is 8. The van der Waals surface area contributed by atoms with Gasteiger partial charge in [0.15, 0.2) is 0 Å². The number of nitrogens with one attached hydrogen (secondary N) is 1. The van der Waals surface area contributed by atoms with Crippen LogP contribution in [0.15, 0.2) is 83.1 Å². The van der Waals surface area contributed by atoms with Crippen molar-refractivity contribution in [3.63, 3.8) is 0 Å². The van der Waals surface area contributed by atoms with Crippen LogP contribution >= 0.6 is 11.3 Å². The number of nitrogens with zero attached hydrogens (tertiary/aromatic N) is 1. The first-order valence-corrected chi connectivity index (χ1v) is 12.2. The zero-order valence-corrected chi connectivity index (χ0v) is 19.2. The van der Waals surface area contributed by atoms with Crippen LogP contribution in [0.3, 0.4) is 0 Å². The minimum Gasteiger partial charge on any atom is -0.497 e. The Kier molecular flexibility index (Phi) is 6.55. The van der Waals surface area contributed by atoms with Crippen LogP contribution in [0.5, 0.6) is 11.5 Å². The molecule has 32 heavy (non-hydrogen) atoms. The summed E-state index contributed by atoms with van der Waals surface area (Å²) in [6.45, 7) is 0.132. The molecule has 0 amide bonds. The Labute approximate surface area is 191 Å². The maximum absolute atomic E-state index is 12.9. The van der Waals surface area contributed by atoms with Crippen molar-refractivity contribution in [1.82, 2.24) is 9.71 Å². The Balaban J connectivity index is 1.53. The Morgan fingerprint density at radius 2 is 1.69 bits per heavy atom. The minimum atomic E-state index is -3.81. The Bertz CT molecular complexity index is 1320. The van der Waals surface area contributed by atoms with Crippen molar-refractivity contribution >= 4 is 21.4 Å². The van der Waals surface area contributed by atoms with Crippen LogP contribution in [-0.4, -0.2) is 27.6 Å². The van der Waals surface area contributed by atoms with E-state index in [1.807, 2.05) is 60.0 Å². The van der Waals surface area contributed by atoms with Gasteiger partial charge in [-0.2, -0.15) is 0 Å². The van der Waals surface area contributed by atoms with E-state index in [-0.39, 0.29) is 17.2 Å². The molecule has 3 aromatic carbocycles. The van der Waals surface area contributed by atoms with Crippen LogP contribution in [0.2, 0.25) is 0 Å². The summed E-state index contributed by atoms with van der Waals surface area (Å²) in [6, 6.07) is 22.3. The normalized spacial score (nSPS) is 11.3. The molecule has 1 aromatic heterocycles. The van der Waals surface area contributed by atoms with Crippen LogP contribution < -0.4 is 14.2 Å². The van der Waals surface area contributed by atoms with E-state index < -0.39 is 10.0 Å². The maximum atomic E-state index is 12.9. The number of hydrogen-bond acceptors (Lipinski definition) is 6. The summed E-state index contributed by atoms with van der Waals surface area (Å²) >= 11 is 1.56. The second-order valence-corrected chi connectivity index (χ2v) is 9.54. The van der Waals surface area contributed by atoms with Crippen molar-refractivity contribution in [2.24, 2.45) is 0 Å². The number of ether oxygens (including phenoxy) is 2. The summed E-state index contributed by atoms with van der Waals surface area (Å²) < 4.78 is 38.8. The Hall–Kier alpha value is -3.20. The molecule has 0 saturated heterocycles. The lowest BCUT2D eigenvalue weighted by atomic mass is 10.1. The summed E-state index contributed by atoms with van der Waals surface area (Å²) in [5, 5.41) is 2.90. The van der Waals surface area contributed by atoms with E-state index in [1.54, 1.807) is 23.5 Å². The van der Waals surface area contributed by atoms with Crippen LogP contribution in [0, 0.1) is 0 Å². The molecule has 8 heteroatoms. The highest BCUT2D eigenvalue weighted by Crippen LogP contribution is 2.30. The van der Waals surface area contributed by atoms with Gasteiger partial charge < -0.3 is 9.47 Å². The van der Waals surface area contributed by atoms with E-state index in [9.17, 15) is 8.42 Å². The van der Waals surface area contributed by atoms with Crippen LogP contribution in [0.25, 0.3) is 21.8 Å². The highest BCUT2D eigenvalue weighted by atomic mass is 32.2. The average molecular weight is 467 g/mol. The molecule has 0 aliphatic carbocycles. The third-order valence-corrected chi connectivity index (χ3v) is 7.19. The predicted octanol–water partition coefficient (Wildman–Crippen LogP) is 4.97. The van der Waals surface area contributed by atoms with Gasteiger partial charge in [0.05, 0.1) is 19.9 Å². The SMILES string of the molecule is COc1ccc(OC)c(S(=O)(=O)NCc2cccc(-c3nc(-c4ccccc4)cs3)c2)c1. The van der Waals surface area contributed by atoms with Gasteiger partial charge in [-0.3, -0.25) is 0 Å². The molecule has 0 spiro atoms. The number of sulfonamides is 1. The van der Waals surface area contributed by atoms with Crippen molar-refractivity contribution in [3.8, 4) is 33.3 Å². The molecule has 0 atom stereocenters. The van der Waals surface area contributed by atoms with E-state index in [2.05, 4.69) is 4.72 Å². The molecule has 0 fully saturated rings. The van der Waals surface area contributed by atoms with E-state index >= 15 is 0 Å². The molecule has 0 unspecified atom stereocenters. The summed E-state index contributed by atoms with van der Waals surface area (Å²) in [4.78, 5) is 4.77. The third-order valence-electron chi connectivity index (χ3n) is 4.87. The topological polar surface area (TPSA) is 77.5 Å². The molecule has 0 radical (unpaired) electrons. The highest BCUT2D eigenvalue weighted by molar-refractivity contribution is 7.89. The van der Waals surface area contributed by atoms with Crippen LogP contribution in [0.4, 0.5) is 0 Å². The van der Waals surface area contributed by atoms with Gasteiger partial charge in [0.1, 0.15) is 21.4 Å². The second kappa shape index (κ2) is 9.52. The molecule has 0 aliphatic heterocycles. The van der Waals surface area contributed by atoms with Crippen LogP contribution in [0.1, 0.15) is 5.56 Å². The molecule has 164 valence electrons. The first-order chi connectivity index (χ1) is 15.5. The molecule has 1 N–H and O–H groups in total. The summed E-state index contributed by atoms with van der Waals surface area (Å²) in [7, 11) is -0.894. The molecular formula is C24H22N2O4S2. The molecule has 6 nitrogen and oxygen atoms in total. The van der Waals surface area contributed by atoms with Crippen molar-refractivity contribution < 1.29 is 17.9 Å². The van der Waals surface area contributed by atoms with E-state index in [0.29, 0.717) is 5.75 Å². The van der Waals surface area contributed by atoms with Crippen LogP contribution in [-0.2, 0) is 16.6 Å². The molecule has 0 saturated carbocycles. The third kappa shape index (κ3) is 4.83. The fourth-order valence-electron chi connectivity index (χ4n) is 3.21. The molecular weight excluding hydrogens is 444 g/mol. The van der Waals surface area contributed by atoms with Crippen molar-refractivity contribution in [1.29, 1.82) is 0 Å². The maximum Gasteiger partial charge on any atom is 0.244 e. The summed E-state index contributed by atoms with van der Waals surface area (Å²) in [6.07, 6.45) is 0. The second-order valence-electron chi connectivity index (χ2n) is 6.95. The average Bonchev–Trinajstić information content (AvgIpc) is 3.34. The number of aromatic nitrogens is 1. The molecule has 1 heterocycles. The first kappa shape index (κ1) is 22.0. The molecule has 0 bridgehead atoms. The van der Waals surface area contributed by atoms with Gasteiger partial charge in [-0.15, -0.1) is 11.3 Å². The van der Waals surface area contributed by atoms with Gasteiger partial charge in [0.2, 0.25) is 10.0 Å². The largest absolute Gasteiger partial charge is 0.497 e. The smallest absolute Gasteiger partial charge is 0.244 e. The van der Waals surface area contributed by atoms with Crippen molar-refractivity contribution in [3.05, 3.63) is 83.7 Å². The fourth-order valence-corrected chi connectivity index (χ4v) is 5.24. The molecule has 4 aromatic rings. The number of benzene rings is 3. The highest BCUT2D eigenvalue weighted by Gasteiger charge is 2.20. The first-order valence-electron chi connectivity index (χ1n) is 9.82. The number of thiazole rings is 1. The Morgan fingerprint density at radius 3 is 2.44 bits per heavy atom. The molecule has 4 rings (SSSR count). The van der Waals surface area contributed by atoms with E-state index in [4.69, 9.17) is 14.5 Å². The standard InChI is InChI=1S/C24H22N2O4S2/c1-29-20-11-12-22(30-2)23(14-20)32(27,28)25-15-17-7-6-10-19(13-17)24-26-21(16-31-24)18-8-4-3-5-9-18/h3-14,16,25H,15H2,1-2H3. The van der Waals surface area contributed by atoms with Crippen molar-refractivity contribution in [2.45, 2.75) is 11.4 Å². The monoisotopic (exact) mass is 466 g/mol. The zero-order chi connectivity index (χ0) is 22.6. The lowest BCUT2D eigenvalue weighted by Crippen LogP contribution is -2.23. The van der Waals surface area contributed by atoms with Gasteiger partial charge in [-0.25, -0.2) is 18.1 Å².